The summed E-state index contributed by atoms with van der Waals surface area (Å²) in [5, 5.41) is 0. The molecule has 1 aliphatic heterocycles. The summed E-state index contributed by atoms with van der Waals surface area (Å²) < 4.78 is 27.7. The Balaban J connectivity index is 1.81. The Hall–Kier alpha value is -2.18. The highest BCUT2D eigenvalue weighted by Gasteiger charge is 2.24. The Kier molecular flexibility index (Phi) is 4.43. The minimum atomic E-state index is -3.59. The monoisotopic (exact) mass is 344 g/mol. The van der Waals surface area contributed by atoms with Gasteiger partial charge in [0, 0.05) is 25.7 Å². The highest BCUT2D eigenvalue weighted by molar-refractivity contribution is 7.89. The second kappa shape index (κ2) is 6.37. The SMILES string of the molecule is CC(=O)N1CCc2cc(S(=O)(=O)NCc3ccccc3C)ccc21. The van der Waals surface area contributed by atoms with E-state index in [1.165, 1.54) is 6.92 Å². The molecule has 2 aromatic rings. The van der Waals surface area contributed by atoms with E-state index in [0.717, 1.165) is 22.4 Å². The van der Waals surface area contributed by atoms with Crippen molar-refractivity contribution in [3.63, 3.8) is 0 Å². The van der Waals surface area contributed by atoms with Crippen LogP contribution in [0.4, 0.5) is 5.69 Å². The fourth-order valence-corrected chi connectivity index (χ4v) is 3.99. The van der Waals surface area contributed by atoms with Gasteiger partial charge in [-0.1, -0.05) is 24.3 Å². The predicted octanol–water partition coefficient (Wildman–Crippen LogP) is 2.38. The maximum atomic E-state index is 12.5. The molecule has 0 saturated heterocycles. The third-order valence-electron chi connectivity index (χ3n) is 4.35. The number of rotatable bonds is 4. The average molecular weight is 344 g/mol. The molecular formula is C18H20N2O3S. The van der Waals surface area contributed by atoms with E-state index in [1.807, 2.05) is 31.2 Å². The molecule has 3 rings (SSSR count). The number of carbonyl (C=O) groups is 1. The third-order valence-corrected chi connectivity index (χ3v) is 5.75. The van der Waals surface area contributed by atoms with Crippen LogP contribution in [0.15, 0.2) is 47.4 Å². The standard InChI is InChI=1S/C18H20N2O3S/c1-13-5-3-4-6-16(13)12-19-24(22,23)17-7-8-18-15(11-17)9-10-20(18)14(2)21/h3-8,11,19H,9-10,12H2,1-2H3. The van der Waals surface area contributed by atoms with Crippen molar-refractivity contribution in [2.24, 2.45) is 0 Å². The number of nitrogens with one attached hydrogen (secondary N) is 1. The number of hydrogen-bond acceptors (Lipinski definition) is 3. The zero-order valence-electron chi connectivity index (χ0n) is 13.7. The lowest BCUT2D eigenvalue weighted by atomic mass is 10.1. The van der Waals surface area contributed by atoms with Crippen LogP contribution >= 0.6 is 0 Å². The quantitative estimate of drug-likeness (QED) is 0.926. The Morgan fingerprint density at radius 2 is 1.96 bits per heavy atom. The third kappa shape index (κ3) is 3.20. The topological polar surface area (TPSA) is 66.5 Å². The minimum Gasteiger partial charge on any atom is -0.312 e. The number of amides is 1. The zero-order valence-corrected chi connectivity index (χ0v) is 14.6. The van der Waals surface area contributed by atoms with Crippen molar-refractivity contribution >= 4 is 21.6 Å². The van der Waals surface area contributed by atoms with Crippen LogP contribution in [0.25, 0.3) is 0 Å². The highest BCUT2D eigenvalue weighted by atomic mass is 32.2. The molecule has 126 valence electrons. The maximum Gasteiger partial charge on any atom is 0.240 e. The highest BCUT2D eigenvalue weighted by Crippen LogP contribution is 2.30. The number of fused-ring (bicyclic) bond motifs is 1. The fraction of sp³-hybridized carbons (Fsp3) is 0.278. The van der Waals surface area contributed by atoms with Gasteiger partial charge in [-0.25, -0.2) is 13.1 Å². The first-order valence-corrected chi connectivity index (χ1v) is 9.32. The molecule has 0 fully saturated rings. The molecule has 0 spiro atoms. The minimum absolute atomic E-state index is 0.0259. The summed E-state index contributed by atoms with van der Waals surface area (Å²) in [7, 11) is -3.59. The average Bonchev–Trinajstić information content (AvgIpc) is 2.97. The van der Waals surface area contributed by atoms with Crippen LogP contribution in [0.1, 0.15) is 23.6 Å². The van der Waals surface area contributed by atoms with E-state index in [9.17, 15) is 13.2 Å². The smallest absolute Gasteiger partial charge is 0.240 e. The molecule has 0 bridgehead atoms. The maximum absolute atomic E-state index is 12.5. The van der Waals surface area contributed by atoms with Crippen molar-refractivity contribution in [3.8, 4) is 0 Å². The summed E-state index contributed by atoms with van der Waals surface area (Å²) in [5.41, 5.74) is 3.69. The van der Waals surface area contributed by atoms with Crippen molar-refractivity contribution in [2.45, 2.75) is 31.7 Å². The number of hydrogen-bond donors (Lipinski definition) is 1. The van der Waals surface area contributed by atoms with Crippen LogP contribution in [0.2, 0.25) is 0 Å². The second-order valence-corrected chi connectivity index (χ2v) is 7.73. The number of benzene rings is 2. The van der Waals surface area contributed by atoms with Gasteiger partial charge in [0.25, 0.3) is 0 Å². The Morgan fingerprint density at radius 3 is 2.67 bits per heavy atom. The summed E-state index contributed by atoms with van der Waals surface area (Å²) in [6.45, 7) is 4.33. The molecule has 1 heterocycles. The summed E-state index contributed by atoms with van der Waals surface area (Å²) in [6.07, 6.45) is 0.677. The summed E-state index contributed by atoms with van der Waals surface area (Å²) in [5.74, 6) is -0.0259. The molecule has 0 radical (unpaired) electrons. The van der Waals surface area contributed by atoms with E-state index in [-0.39, 0.29) is 17.3 Å². The van der Waals surface area contributed by atoms with Crippen LogP contribution in [-0.4, -0.2) is 20.9 Å². The Morgan fingerprint density at radius 1 is 1.21 bits per heavy atom. The largest absolute Gasteiger partial charge is 0.312 e. The van der Waals surface area contributed by atoms with Crippen LogP contribution < -0.4 is 9.62 Å². The summed E-state index contributed by atoms with van der Waals surface area (Å²) >= 11 is 0. The van der Waals surface area contributed by atoms with E-state index in [2.05, 4.69) is 4.72 Å². The fourth-order valence-electron chi connectivity index (χ4n) is 2.94. The van der Waals surface area contributed by atoms with Crippen LogP contribution in [0, 0.1) is 6.92 Å². The van der Waals surface area contributed by atoms with Gasteiger partial charge in [-0.05, 0) is 48.2 Å². The molecule has 2 aromatic carbocycles. The second-order valence-electron chi connectivity index (χ2n) is 5.96. The Bertz CT molecular complexity index is 891. The lowest BCUT2D eigenvalue weighted by molar-refractivity contribution is -0.116. The molecule has 1 N–H and O–H groups in total. The molecule has 0 atom stereocenters. The number of sulfonamides is 1. The van der Waals surface area contributed by atoms with Gasteiger partial charge in [0.2, 0.25) is 15.9 Å². The van der Waals surface area contributed by atoms with Gasteiger partial charge in [0.1, 0.15) is 0 Å². The lowest BCUT2D eigenvalue weighted by Crippen LogP contribution is -2.26. The summed E-state index contributed by atoms with van der Waals surface area (Å²) in [4.78, 5) is 13.5. The van der Waals surface area contributed by atoms with E-state index in [4.69, 9.17) is 0 Å². The first-order chi connectivity index (χ1) is 11.4. The normalized spacial score (nSPS) is 13.8. The van der Waals surface area contributed by atoms with Gasteiger partial charge in [-0.15, -0.1) is 0 Å². The van der Waals surface area contributed by atoms with Crippen molar-refractivity contribution in [2.75, 3.05) is 11.4 Å². The molecule has 0 aromatic heterocycles. The number of aryl methyl sites for hydroxylation is 1. The van der Waals surface area contributed by atoms with E-state index in [1.54, 1.807) is 23.1 Å². The number of carbonyl (C=O) groups excluding carboxylic acids is 1. The van der Waals surface area contributed by atoms with Crippen molar-refractivity contribution < 1.29 is 13.2 Å². The van der Waals surface area contributed by atoms with Crippen molar-refractivity contribution in [1.29, 1.82) is 0 Å². The van der Waals surface area contributed by atoms with Gasteiger partial charge < -0.3 is 4.90 Å². The van der Waals surface area contributed by atoms with Gasteiger partial charge >= 0.3 is 0 Å². The Labute approximate surface area is 142 Å². The molecule has 1 aliphatic rings. The van der Waals surface area contributed by atoms with Crippen LogP contribution in [0.3, 0.4) is 0 Å². The van der Waals surface area contributed by atoms with Gasteiger partial charge in [-0.2, -0.15) is 0 Å². The summed E-state index contributed by atoms with van der Waals surface area (Å²) in [6, 6.07) is 12.6. The molecule has 0 aliphatic carbocycles. The first-order valence-electron chi connectivity index (χ1n) is 7.84. The van der Waals surface area contributed by atoms with Crippen molar-refractivity contribution in [3.05, 3.63) is 59.2 Å². The zero-order chi connectivity index (χ0) is 17.3. The first kappa shape index (κ1) is 16.7. The molecule has 24 heavy (non-hydrogen) atoms. The van der Waals surface area contributed by atoms with Crippen LogP contribution in [0.5, 0.6) is 0 Å². The van der Waals surface area contributed by atoms with E-state index >= 15 is 0 Å². The molecule has 6 heteroatoms. The molecule has 0 saturated carbocycles. The molecule has 0 unspecified atom stereocenters. The predicted molar refractivity (Wildman–Crippen MR) is 93.4 cm³/mol. The van der Waals surface area contributed by atoms with E-state index in [0.29, 0.717) is 13.0 Å². The van der Waals surface area contributed by atoms with Gasteiger partial charge in [0.05, 0.1) is 4.90 Å². The molecular weight excluding hydrogens is 324 g/mol. The molecule has 5 nitrogen and oxygen atoms in total. The van der Waals surface area contributed by atoms with Gasteiger partial charge in [-0.3, -0.25) is 4.79 Å². The van der Waals surface area contributed by atoms with Gasteiger partial charge in [0.15, 0.2) is 0 Å². The van der Waals surface area contributed by atoms with Crippen molar-refractivity contribution in [1.82, 2.24) is 4.72 Å². The number of anilines is 1. The van der Waals surface area contributed by atoms with Crippen LogP contribution in [-0.2, 0) is 27.8 Å². The lowest BCUT2D eigenvalue weighted by Gasteiger charge is -2.15. The molecule has 1 amide bonds. The van der Waals surface area contributed by atoms with E-state index < -0.39 is 10.0 Å². The number of nitrogens with zero attached hydrogens (tertiary/aromatic N) is 1.